The van der Waals surface area contributed by atoms with Crippen molar-refractivity contribution in [2.45, 2.75) is 51.2 Å². The van der Waals surface area contributed by atoms with E-state index >= 15 is 0 Å². The fourth-order valence-corrected chi connectivity index (χ4v) is 3.58. The Kier molecular flexibility index (Phi) is 5.36. The van der Waals surface area contributed by atoms with Crippen molar-refractivity contribution in [3.8, 4) is 0 Å². The fourth-order valence-electron chi connectivity index (χ4n) is 3.46. The van der Waals surface area contributed by atoms with Crippen LogP contribution in [-0.4, -0.2) is 27.5 Å². The molecule has 4 nitrogen and oxygen atoms in total. The highest BCUT2D eigenvalue weighted by molar-refractivity contribution is 6.30. The molecule has 23 heavy (non-hydrogen) atoms. The van der Waals surface area contributed by atoms with Gasteiger partial charge in [-0.2, -0.15) is 5.10 Å². The molecule has 0 aliphatic heterocycles. The van der Waals surface area contributed by atoms with E-state index in [1.54, 1.807) is 0 Å². The highest BCUT2D eigenvalue weighted by Gasteiger charge is 2.25. The van der Waals surface area contributed by atoms with E-state index in [-0.39, 0.29) is 6.61 Å². The first kappa shape index (κ1) is 16.5. The Morgan fingerprint density at radius 1 is 1.39 bits per heavy atom. The molecule has 3 rings (SSSR count). The van der Waals surface area contributed by atoms with Gasteiger partial charge in [0.2, 0.25) is 0 Å². The average Bonchev–Trinajstić information content (AvgIpc) is 2.94. The number of aromatic nitrogens is 2. The van der Waals surface area contributed by atoms with Crippen LogP contribution in [0.2, 0.25) is 5.02 Å². The van der Waals surface area contributed by atoms with Gasteiger partial charge in [-0.3, -0.25) is 4.68 Å². The number of halogens is 1. The van der Waals surface area contributed by atoms with Crippen LogP contribution in [0.25, 0.3) is 0 Å². The van der Waals surface area contributed by atoms with Crippen molar-refractivity contribution in [1.29, 1.82) is 0 Å². The minimum atomic E-state index is 0.138. The Balaban J connectivity index is 1.65. The molecule has 1 heterocycles. The van der Waals surface area contributed by atoms with Gasteiger partial charge in [0, 0.05) is 28.4 Å². The van der Waals surface area contributed by atoms with Crippen LogP contribution in [0, 0.1) is 0 Å². The predicted molar refractivity (Wildman–Crippen MR) is 92.7 cm³/mol. The zero-order chi connectivity index (χ0) is 16.2. The van der Waals surface area contributed by atoms with Gasteiger partial charge in [0.25, 0.3) is 0 Å². The van der Waals surface area contributed by atoms with Crippen molar-refractivity contribution in [3.05, 3.63) is 52.3 Å². The standard InChI is InChI=1S/C18H24ClN3O/c1-13(11-14-5-7-15(19)8-6-14)21-17-3-2-4-18-16(17)12-20-22(18)9-10-23/h5-8,12-13,17,21,23H,2-4,9-11H2,1H3. The summed E-state index contributed by atoms with van der Waals surface area (Å²) in [5.74, 6) is 0. The van der Waals surface area contributed by atoms with Crippen molar-refractivity contribution in [3.63, 3.8) is 0 Å². The van der Waals surface area contributed by atoms with Gasteiger partial charge in [-0.05, 0) is 50.3 Å². The van der Waals surface area contributed by atoms with Crippen LogP contribution in [0.15, 0.2) is 30.5 Å². The normalized spacial score (nSPS) is 18.7. The number of nitrogens with one attached hydrogen (secondary N) is 1. The molecule has 2 unspecified atom stereocenters. The molecule has 5 heteroatoms. The number of fused-ring (bicyclic) bond motifs is 1. The maximum absolute atomic E-state index is 9.15. The van der Waals surface area contributed by atoms with Gasteiger partial charge in [-0.1, -0.05) is 23.7 Å². The van der Waals surface area contributed by atoms with Crippen LogP contribution in [0.5, 0.6) is 0 Å². The Morgan fingerprint density at radius 3 is 2.91 bits per heavy atom. The monoisotopic (exact) mass is 333 g/mol. The summed E-state index contributed by atoms with van der Waals surface area (Å²) in [6.07, 6.45) is 6.31. The topological polar surface area (TPSA) is 50.1 Å². The second-order valence-corrected chi connectivity index (χ2v) is 6.77. The fraction of sp³-hybridized carbons (Fsp3) is 0.500. The van der Waals surface area contributed by atoms with E-state index in [1.165, 1.54) is 16.8 Å². The quantitative estimate of drug-likeness (QED) is 0.854. The Morgan fingerprint density at radius 2 is 2.17 bits per heavy atom. The van der Waals surface area contributed by atoms with Crippen LogP contribution in [0.4, 0.5) is 0 Å². The van der Waals surface area contributed by atoms with Gasteiger partial charge >= 0.3 is 0 Å². The molecule has 0 saturated heterocycles. The number of hydrogen-bond acceptors (Lipinski definition) is 3. The Bertz CT molecular complexity index is 638. The lowest BCUT2D eigenvalue weighted by Crippen LogP contribution is -2.34. The number of nitrogens with zero attached hydrogens (tertiary/aromatic N) is 2. The molecule has 1 aliphatic carbocycles. The third-order valence-corrected chi connectivity index (χ3v) is 4.77. The van der Waals surface area contributed by atoms with E-state index in [1.807, 2.05) is 23.0 Å². The van der Waals surface area contributed by atoms with Crippen LogP contribution in [-0.2, 0) is 19.4 Å². The highest BCUT2D eigenvalue weighted by Crippen LogP contribution is 2.30. The molecule has 0 bridgehead atoms. The van der Waals surface area contributed by atoms with Crippen LogP contribution >= 0.6 is 11.6 Å². The zero-order valence-corrected chi connectivity index (χ0v) is 14.3. The predicted octanol–water partition coefficient (Wildman–Crippen LogP) is 3.13. The van der Waals surface area contributed by atoms with Crippen LogP contribution < -0.4 is 5.32 Å². The molecule has 2 atom stereocenters. The lowest BCUT2D eigenvalue weighted by atomic mass is 9.92. The van der Waals surface area contributed by atoms with Crippen LogP contribution in [0.1, 0.15) is 42.6 Å². The van der Waals surface area contributed by atoms with Gasteiger partial charge in [-0.15, -0.1) is 0 Å². The molecule has 1 aromatic heterocycles. The minimum absolute atomic E-state index is 0.138. The highest BCUT2D eigenvalue weighted by atomic mass is 35.5. The summed E-state index contributed by atoms with van der Waals surface area (Å²) in [5.41, 5.74) is 3.87. The smallest absolute Gasteiger partial charge is 0.0644 e. The van der Waals surface area contributed by atoms with Crippen molar-refractivity contribution in [2.24, 2.45) is 0 Å². The van der Waals surface area contributed by atoms with Gasteiger partial charge in [0.1, 0.15) is 0 Å². The summed E-state index contributed by atoms with van der Waals surface area (Å²) in [6.45, 7) is 2.95. The lowest BCUT2D eigenvalue weighted by Gasteiger charge is -2.27. The molecular weight excluding hydrogens is 310 g/mol. The van der Waals surface area contributed by atoms with Crippen molar-refractivity contribution in [1.82, 2.24) is 15.1 Å². The number of hydrogen-bond donors (Lipinski definition) is 2. The molecule has 2 aromatic rings. The Labute approximate surface area is 142 Å². The molecule has 0 spiro atoms. The first-order valence-corrected chi connectivity index (χ1v) is 8.71. The number of aliphatic hydroxyl groups is 1. The van der Waals surface area contributed by atoms with E-state index in [0.717, 1.165) is 30.7 Å². The lowest BCUT2D eigenvalue weighted by molar-refractivity contribution is 0.266. The molecular formula is C18H24ClN3O. The van der Waals surface area contributed by atoms with Crippen LogP contribution in [0.3, 0.4) is 0 Å². The molecule has 0 amide bonds. The second kappa shape index (κ2) is 7.47. The van der Waals surface area contributed by atoms with E-state index in [2.05, 4.69) is 29.5 Å². The van der Waals surface area contributed by atoms with Gasteiger partial charge in [0.15, 0.2) is 0 Å². The summed E-state index contributed by atoms with van der Waals surface area (Å²) >= 11 is 5.95. The SMILES string of the molecule is CC(Cc1ccc(Cl)cc1)NC1CCCc2c1cnn2CCO. The molecule has 0 fully saturated rings. The van der Waals surface area contributed by atoms with Gasteiger partial charge in [0.05, 0.1) is 19.3 Å². The van der Waals surface area contributed by atoms with E-state index in [0.29, 0.717) is 18.6 Å². The zero-order valence-electron chi connectivity index (χ0n) is 13.5. The third-order valence-electron chi connectivity index (χ3n) is 4.52. The number of rotatable bonds is 6. The largest absolute Gasteiger partial charge is 0.394 e. The molecule has 1 aromatic carbocycles. The molecule has 0 radical (unpaired) electrons. The first-order chi connectivity index (χ1) is 11.2. The molecule has 1 aliphatic rings. The van der Waals surface area contributed by atoms with Gasteiger partial charge in [-0.25, -0.2) is 0 Å². The molecule has 124 valence electrons. The van der Waals surface area contributed by atoms with Crippen molar-refractivity contribution < 1.29 is 5.11 Å². The van der Waals surface area contributed by atoms with E-state index in [4.69, 9.17) is 16.7 Å². The maximum atomic E-state index is 9.15. The summed E-state index contributed by atoms with van der Waals surface area (Å²) in [6, 6.07) is 8.81. The molecule has 0 saturated carbocycles. The number of benzene rings is 1. The summed E-state index contributed by atoms with van der Waals surface area (Å²) < 4.78 is 1.95. The van der Waals surface area contributed by atoms with E-state index in [9.17, 15) is 0 Å². The second-order valence-electron chi connectivity index (χ2n) is 6.34. The molecule has 2 N–H and O–H groups in total. The summed E-state index contributed by atoms with van der Waals surface area (Å²) in [4.78, 5) is 0. The summed E-state index contributed by atoms with van der Waals surface area (Å²) in [5, 5.41) is 18.1. The first-order valence-electron chi connectivity index (χ1n) is 8.33. The number of aliphatic hydroxyl groups excluding tert-OH is 1. The maximum Gasteiger partial charge on any atom is 0.0644 e. The average molecular weight is 334 g/mol. The Hall–Kier alpha value is -1.36. The van der Waals surface area contributed by atoms with Gasteiger partial charge < -0.3 is 10.4 Å². The van der Waals surface area contributed by atoms with E-state index < -0.39 is 0 Å². The third kappa shape index (κ3) is 3.94. The minimum Gasteiger partial charge on any atom is -0.394 e. The van der Waals surface area contributed by atoms with Crippen molar-refractivity contribution in [2.75, 3.05) is 6.61 Å². The van der Waals surface area contributed by atoms with Crippen molar-refractivity contribution >= 4 is 11.6 Å². The summed E-state index contributed by atoms with van der Waals surface area (Å²) in [7, 11) is 0.